The largest absolute Gasteiger partial charge is 0.450 e. The van der Waals surface area contributed by atoms with Crippen LogP contribution in [0.15, 0.2) is 4.99 Å². The maximum Gasteiger partial charge on any atom is 0.409 e. The van der Waals surface area contributed by atoms with E-state index in [9.17, 15) is 4.79 Å². The molecular formula is C17H34N4O3. The second-order valence-corrected chi connectivity index (χ2v) is 6.14. The average Bonchev–Trinajstić information content (AvgIpc) is 2.55. The van der Waals surface area contributed by atoms with Crippen LogP contribution < -0.4 is 10.6 Å². The number of guanidine groups is 1. The molecule has 1 amide bonds. The lowest BCUT2D eigenvalue weighted by atomic mass is 10.1. The van der Waals surface area contributed by atoms with Crippen molar-refractivity contribution in [2.75, 3.05) is 39.4 Å². The van der Waals surface area contributed by atoms with Crippen LogP contribution in [0.3, 0.4) is 0 Å². The van der Waals surface area contributed by atoms with Crippen LogP contribution in [0.1, 0.15) is 47.0 Å². The summed E-state index contributed by atoms with van der Waals surface area (Å²) < 4.78 is 10.6. The number of nitrogens with zero attached hydrogens (tertiary/aromatic N) is 2. The second kappa shape index (κ2) is 11.9. The van der Waals surface area contributed by atoms with Crippen molar-refractivity contribution in [3.63, 3.8) is 0 Å². The van der Waals surface area contributed by atoms with Gasteiger partial charge in [-0.15, -0.1) is 0 Å². The van der Waals surface area contributed by atoms with Gasteiger partial charge in [-0.25, -0.2) is 4.79 Å². The molecule has 0 aromatic rings. The first kappa shape index (κ1) is 20.5. The van der Waals surface area contributed by atoms with Gasteiger partial charge in [0.25, 0.3) is 0 Å². The van der Waals surface area contributed by atoms with Gasteiger partial charge in [-0.1, -0.05) is 0 Å². The highest BCUT2D eigenvalue weighted by Crippen LogP contribution is 2.11. The number of aliphatic imine (C=N–C) groups is 1. The zero-order chi connectivity index (χ0) is 17.8. The zero-order valence-corrected chi connectivity index (χ0v) is 15.6. The third-order valence-corrected chi connectivity index (χ3v) is 3.73. The highest BCUT2D eigenvalue weighted by atomic mass is 16.6. The van der Waals surface area contributed by atoms with E-state index in [1.807, 2.05) is 20.8 Å². The molecule has 24 heavy (non-hydrogen) atoms. The fourth-order valence-electron chi connectivity index (χ4n) is 2.51. The highest BCUT2D eigenvalue weighted by molar-refractivity contribution is 5.80. The molecule has 0 saturated carbocycles. The Bertz CT molecular complexity index is 380. The van der Waals surface area contributed by atoms with Crippen LogP contribution in [-0.2, 0) is 9.47 Å². The average molecular weight is 342 g/mol. The van der Waals surface area contributed by atoms with Crippen molar-refractivity contribution in [2.24, 2.45) is 4.99 Å². The third kappa shape index (κ3) is 8.38. The van der Waals surface area contributed by atoms with Gasteiger partial charge >= 0.3 is 6.09 Å². The van der Waals surface area contributed by atoms with Crippen LogP contribution in [0.25, 0.3) is 0 Å². The van der Waals surface area contributed by atoms with Crippen molar-refractivity contribution in [1.82, 2.24) is 15.5 Å². The van der Waals surface area contributed by atoms with Crippen LogP contribution >= 0.6 is 0 Å². The van der Waals surface area contributed by atoms with Crippen molar-refractivity contribution in [2.45, 2.75) is 59.1 Å². The number of carbonyl (C=O) groups is 1. The lowest BCUT2D eigenvalue weighted by Gasteiger charge is -2.32. The van der Waals surface area contributed by atoms with Crippen molar-refractivity contribution in [3.8, 4) is 0 Å². The summed E-state index contributed by atoms with van der Waals surface area (Å²) >= 11 is 0. The maximum atomic E-state index is 11.7. The predicted molar refractivity (Wildman–Crippen MR) is 96.4 cm³/mol. The van der Waals surface area contributed by atoms with Crippen molar-refractivity contribution in [3.05, 3.63) is 0 Å². The summed E-state index contributed by atoms with van der Waals surface area (Å²) in [6.45, 7) is 12.1. The number of likely N-dealkylation sites (tertiary alicyclic amines) is 1. The lowest BCUT2D eigenvalue weighted by Crippen LogP contribution is -2.49. The van der Waals surface area contributed by atoms with Crippen LogP contribution in [0.4, 0.5) is 4.79 Å². The van der Waals surface area contributed by atoms with Crippen molar-refractivity contribution >= 4 is 12.1 Å². The van der Waals surface area contributed by atoms with Crippen molar-refractivity contribution < 1.29 is 14.3 Å². The fraction of sp³-hybridized carbons (Fsp3) is 0.882. The van der Waals surface area contributed by atoms with Gasteiger partial charge in [-0.3, -0.25) is 4.99 Å². The molecule has 7 nitrogen and oxygen atoms in total. The number of ether oxygens (including phenoxy) is 2. The first-order valence-corrected chi connectivity index (χ1v) is 9.14. The summed E-state index contributed by atoms with van der Waals surface area (Å²) in [7, 11) is 0. The summed E-state index contributed by atoms with van der Waals surface area (Å²) in [6, 6.07) is 0.334. The standard InChI is InChI=1S/C17H34N4O3/c1-5-18-16(19-10-7-13-24-14(3)4)20-15-8-11-21(12-9-15)17(22)23-6-2/h14-15H,5-13H2,1-4H3,(H2,18,19,20). The Morgan fingerprint density at radius 3 is 2.58 bits per heavy atom. The molecule has 1 aliphatic heterocycles. The van der Waals surface area contributed by atoms with E-state index in [1.165, 1.54) is 0 Å². The molecule has 0 bridgehead atoms. The monoisotopic (exact) mass is 342 g/mol. The number of hydrogen-bond acceptors (Lipinski definition) is 4. The van der Waals surface area contributed by atoms with E-state index in [4.69, 9.17) is 9.47 Å². The Hall–Kier alpha value is -1.50. The second-order valence-electron chi connectivity index (χ2n) is 6.14. The van der Waals surface area contributed by atoms with E-state index < -0.39 is 0 Å². The number of piperidine rings is 1. The number of hydrogen-bond donors (Lipinski definition) is 2. The highest BCUT2D eigenvalue weighted by Gasteiger charge is 2.23. The molecule has 1 saturated heterocycles. The van der Waals surface area contributed by atoms with Gasteiger partial charge in [-0.05, 0) is 47.0 Å². The lowest BCUT2D eigenvalue weighted by molar-refractivity contribution is 0.0782. The molecule has 7 heteroatoms. The van der Waals surface area contributed by atoms with Gasteiger partial charge in [0.2, 0.25) is 0 Å². The Morgan fingerprint density at radius 2 is 2.00 bits per heavy atom. The summed E-state index contributed by atoms with van der Waals surface area (Å²) in [4.78, 5) is 18.1. The molecule has 1 rings (SSSR count). The number of nitrogens with one attached hydrogen (secondary N) is 2. The van der Waals surface area contributed by atoms with Crippen LogP contribution in [0.5, 0.6) is 0 Å². The molecule has 1 heterocycles. The quantitative estimate of drug-likeness (QED) is 0.401. The van der Waals surface area contributed by atoms with E-state index in [0.29, 0.717) is 12.6 Å². The van der Waals surface area contributed by atoms with E-state index in [1.54, 1.807) is 4.90 Å². The molecule has 1 aliphatic rings. The van der Waals surface area contributed by atoms with Gasteiger partial charge in [0.05, 0.1) is 12.7 Å². The first-order valence-electron chi connectivity index (χ1n) is 9.14. The molecule has 2 N–H and O–H groups in total. The van der Waals surface area contributed by atoms with Crippen LogP contribution in [0, 0.1) is 0 Å². The summed E-state index contributed by atoms with van der Waals surface area (Å²) in [5.74, 6) is 0.844. The minimum atomic E-state index is -0.207. The third-order valence-electron chi connectivity index (χ3n) is 3.73. The molecule has 0 unspecified atom stereocenters. The van der Waals surface area contributed by atoms with Gasteiger partial charge in [0.15, 0.2) is 5.96 Å². The molecule has 0 aromatic carbocycles. The molecule has 1 fully saturated rings. The van der Waals surface area contributed by atoms with E-state index in [0.717, 1.165) is 58.0 Å². The molecule has 0 aliphatic carbocycles. The zero-order valence-electron chi connectivity index (χ0n) is 15.6. The predicted octanol–water partition coefficient (Wildman–Crippen LogP) is 1.98. The fourth-order valence-corrected chi connectivity index (χ4v) is 2.51. The SMILES string of the molecule is CCNC(=NCCCOC(C)C)NC1CCN(C(=O)OCC)CC1. The number of amides is 1. The molecule has 0 radical (unpaired) electrons. The smallest absolute Gasteiger partial charge is 0.409 e. The molecule has 0 spiro atoms. The Balaban J connectivity index is 2.33. The van der Waals surface area contributed by atoms with E-state index in [-0.39, 0.29) is 12.2 Å². The Labute approximate surface area is 146 Å². The van der Waals surface area contributed by atoms with E-state index >= 15 is 0 Å². The van der Waals surface area contributed by atoms with Crippen LogP contribution in [0.2, 0.25) is 0 Å². The number of rotatable bonds is 8. The molecule has 0 aromatic heterocycles. The van der Waals surface area contributed by atoms with Crippen molar-refractivity contribution in [1.29, 1.82) is 0 Å². The Morgan fingerprint density at radius 1 is 1.29 bits per heavy atom. The van der Waals surface area contributed by atoms with Gasteiger partial charge < -0.3 is 25.0 Å². The summed E-state index contributed by atoms with van der Waals surface area (Å²) in [5, 5.41) is 6.74. The maximum absolute atomic E-state index is 11.7. The van der Waals surface area contributed by atoms with Gasteiger partial charge in [-0.2, -0.15) is 0 Å². The molecule has 140 valence electrons. The minimum Gasteiger partial charge on any atom is -0.450 e. The first-order chi connectivity index (χ1) is 11.6. The van der Waals surface area contributed by atoms with Gasteiger partial charge in [0.1, 0.15) is 0 Å². The molecule has 0 atom stereocenters. The normalized spacial score (nSPS) is 16.4. The van der Waals surface area contributed by atoms with Crippen LogP contribution in [-0.4, -0.2) is 68.5 Å². The van der Waals surface area contributed by atoms with Gasteiger partial charge in [0, 0.05) is 38.8 Å². The summed E-state index contributed by atoms with van der Waals surface area (Å²) in [5.41, 5.74) is 0. The summed E-state index contributed by atoms with van der Waals surface area (Å²) in [6.07, 6.45) is 2.78. The minimum absolute atomic E-state index is 0.207. The Kier molecular flexibility index (Phi) is 10.2. The number of carbonyl (C=O) groups excluding carboxylic acids is 1. The van der Waals surface area contributed by atoms with E-state index in [2.05, 4.69) is 22.5 Å². The molecular weight excluding hydrogens is 308 g/mol. The topological polar surface area (TPSA) is 75.2 Å².